The summed E-state index contributed by atoms with van der Waals surface area (Å²) in [6.07, 6.45) is 5.56. The standard InChI is InChI=1S/C9H17N3/c1-5-7-8-11-9(10-3)12(4)6-2/h5,7-8H,6H2,1-4H3/b7-5-,10-9?,11-8?. The molecule has 0 aliphatic heterocycles. The SMILES string of the molecule is C/C=C\C=NC(=NC)N(C)CC. The molecule has 0 aliphatic rings. The summed E-state index contributed by atoms with van der Waals surface area (Å²) in [6, 6.07) is 0. The highest BCUT2D eigenvalue weighted by Gasteiger charge is 1.97. The Hall–Kier alpha value is -1.12. The van der Waals surface area contributed by atoms with Gasteiger partial charge in [0.05, 0.1) is 0 Å². The van der Waals surface area contributed by atoms with E-state index < -0.39 is 0 Å². The predicted octanol–water partition coefficient (Wildman–Crippen LogP) is 1.57. The van der Waals surface area contributed by atoms with Gasteiger partial charge in [-0.25, -0.2) is 4.99 Å². The molecule has 0 heterocycles. The molecule has 0 atom stereocenters. The Morgan fingerprint density at radius 1 is 1.50 bits per heavy atom. The quantitative estimate of drug-likeness (QED) is 0.453. The summed E-state index contributed by atoms with van der Waals surface area (Å²) in [5.74, 6) is 0.760. The number of hydrogen-bond acceptors (Lipinski definition) is 1. The highest BCUT2D eigenvalue weighted by atomic mass is 15.2. The smallest absolute Gasteiger partial charge is 0.220 e. The Labute approximate surface area is 74.5 Å². The number of hydrogen-bond donors (Lipinski definition) is 0. The fourth-order valence-electron chi connectivity index (χ4n) is 0.664. The molecule has 0 aliphatic carbocycles. The molecule has 0 rings (SSSR count). The van der Waals surface area contributed by atoms with Gasteiger partial charge in [-0.2, -0.15) is 0 Å². The van der Waals surface area contributed by atoms with Crippen LogP contribution in [0.25, 0.3) is 0 Å². The Bertz CT molecular complexity index is 192. The molecule has 0 aromatic heterocycles. The van der Waals surface area contributed by atoms with E-state index in [0.29, 0.717) is 0 Å². The lowest BCUT2D eigenvalue weighted by molar-refractivity contribution is 0.529. The summed E-state index contributed by atoms with van der Waals surface area (Å²) in [5, 5.41) is 0. The Kier molecular flexibility index (Phi) is 5.97. The van der Waals surface area contributed by atoms with Crippen LogP contribution in [0.1, 0.15) is 13.8 Å². The van der Waals surface area contributed by atoms with Crippen LogP contribution in [0.2, 0.25) is 0 Å². The third-order valence-corrected chi connectivity index (χ3v) is 1.48. The van der Waals surface area contributed by atoms with E-state index in [1.165, 1.54) is 0 Å². The molecule has 0 saturated carbocycles. The van der Waals surface area contributed by atoms with Gasteiger partial charge in [-0.05, 0) is 19.9 Å². The van der Waals surface area contributed by atoms with Gasteiger partial charge in [0.2, 0.25) is 5.96 Å². The Morgan fingerprint density at radius 3 is 2.58 bits per heavy atom. The van der Waals surface area contributed by atoms with Crippen molar-refractivity contribution in [2.24, 2.45) is 9.98 Å². The summed E-state index contributed by atoms with van der Waals surface area (Å²) in [7, 11) is 3.71. The van der Waals surface area contributed by atoms with Crippen LogP contribution in [-0.4, -0.2) is 37.7 Å². The van der Waals surface area contributed by atoms with Gasteiger partial charge in [0, 0.05) is 26.9 Å². The van der Waals surface area contributed by atoms with Crippen LogP contribution in [0.15, 0.2) is 22.1 Å². The normalized spacial score (nSPS) is 13.2. The van der Waals surface area contributed by atoms with Crippen molar-refractivity contribution in [3.05, 3.63) is 12.2 Å². The summed E-state index contributed by atoms with van der Waals surface area (Å²) in [5.41, 5.74) is 0. The van der Waals surface area contributed by atoms with Crippen molar-refractivity contribution in [2.75, 3.05) is 20.6 Å². The maximum absolute atomic E-state index is 4.17. The van der Waals surface area contributed by atoms with Crippen molar-refractivity contribution >= 4 is 12.2 Å². The van der Waals surface area contributed by atoms with Crippen LogP contribution in [0.4, 0.5) is 0 Å². The van der Waals surface area contributed by atoms with E-state index in [9.17, 15) is 0 Å². The molecule has 0 bridgehead atoms. The largest absolute Gasteiger partial charge is 0.344 e. The lowest BCUT2D eigenvalue weighted by Gasteiger charge is -2.13. The van der Waals surface area contributed by atoms with Crippen LogP contribution in [-0.2, 0) is 0 Å². The van der Waals surface area contributed by atoms with Gasteiger partial charge in [-0.1, -0.05) is 6.08 Å². The van der Waals surface area contributed by atoms with Crippen molar-refractivity contribution < 1.29 is 0 Å². The van der Waals surface area contributed by atoms with Crippen molar-refractivity contribution in [3.8, 4) is 0 Å². The van der Waals surface area contributed by atoms with E-state index in [0.717, 1.165) is 12.5 Å². The van der Waals surface area contributed by atoms with Gasteiger partial charge >= 0.3 is 0 Å². The molecular weight excluding hydrogens is 150 g/mol. The zero-order valence-corrected chi connectivity index (χ0v) is 8.28. The average molecular weight is 167 g/mol. The summed E-state index contributed by atoms with van der Waals surface area (Å²) >= 11 is 0. The average Bonchev–Trinajstić information content (AvgIpc) is 2.11. The predicted molar refractivity (Wildman–Crippen MR) is 55.0 cm³/mol. The second-order valence-electron chi connectivity index (χ2n) is 2.34. The van der Waals surface area contributed by atoms with Gasteiger partial charge < -0.3 is 4.90 Å². The lowest BCUT2D eigenvalue weighted by atomic mass is 10.5. The van der Waals surface area contributed by atoms with Gasteiger partial charge in [-0.3, -0.25) is 4.99 Å². The third-order valence-electron chi connectivity index (χ3n) is 1.48. The number of nitrogens with zero attached hydrogens (tertiary/aromatic N) is 3. The molecule has 0 aromatic carbocycles. The minimum atomic E-state index is 0.760. The summed E-state index contributed by atoms with van der Waals surface area (Å²) in [6.45, 7) is 4.94. The first-order chi connectivity index (χ1) is 5.76. The van der Waals surface area contributed by atoms with Crippen molar-refractivity contribution in [1.29, 1.82) is 0 Å². The molecule has 3 heteroatoms. The Morgan fingerprint density at radius 2 is 2.17 bits per heavy atom. The van der Waals surface area contributed by atoms with Crippen LogP contribution in [0.3, 0.4) is 0 Å². The lowest BCUT2D eigenvalue weighted by Crippen LogP contribution is -2.24. The molecule has 0 radical (unpaired) electrons. The van der Waals surface area contributed by atoms with Crippen LogP contribution in [0, 0.1) is 0 Å². The first-order valence-corrected chi connectivity index (χ1v) is 4.09. The molecule has 68 valence electrons. The van der Waals surface area contributed by atoms with Crippen LogP contribution >= 0.6 is 0 Å². The van der Waals surface area contributed by atoms with Crippen molar-refractivity contribution in [3.63, 3.8) is 0 Å². The van der Waals surface area contributed by atoms with E-state index >= 15 is 0 Å². The van der Waals surface area contributed by atoms with E-state index in [1.54, 1.807) is 13.3 Å². The molecule has 0 aromatic rings. The molecule has 0 amide bonds. The molecular formula is C9H17N3. The van der Waals surface area contributed by atoms with Crippen LogP contribution in [0.5, 0.6) is 0 Å². The Balaban J connectivity index is 4.19. The fraction of sp³-hybridized carbons (Fsp3) is 0.556. The summed E-state index contributed by atoms with van der Waals surface area (Å²) in [4.78, 5) is 10.2. The van der Waals surface area contributed by atoms with E-state index in [-0.39, 0.29) is 0 Å². The van der Waals surface area contributed by atoms with Gasteiger partial charge in [0.15, 0.2) is 0 Å². The van der Waals surface area contributed by atoms with E-state index in [4.69, 9.17) is 0 Å². The van der Waals surface area contributed by atoms with E-state index in [1.807, 2.05) is 31.0 Å². The molecule has 0 unspecified atom stereocenters. The monoisotopic (exact) mass is 167 g/mol. The number of aliphatic imine (C=N–C) groups is 2. The van der Waals surface area contributed by atoms with Gasteiger partial charge in [-0.15, -0.1) is 0 Å². The minimum Gasteiger partial charge on any atom is -0.344 e. The van der Waals surface area contributed by atoms with Gasteiger partial charge in [0.1, 0.15) is 0 Å². The highest BCUT2D eigenvalue weighted by molar-refractivity contribution is 5.90. The fourth-order valence-corrected chi connectivity index (χ4v) is 0.664. The third kappa shape index (κ3) is 3.91. The minimum absolute atomic E-state index is 0.760. The molecule has 0 spiro atoms. The second-order valence-corrected chi connectivity index (χ2v) is 2.34. The zero-order chi connectivity index (χ0) is 9.40. The zero-order valence-electron chi connectivity index (χ0n) is 8.28. The van der Waals surface area contributed by atoms with Crippen molar-refractivity contribution in [2.45, 2.75) is 13.8 Å². The molecule has 12 heavy (non-hydrogen) atoms. The maximum atomic E-state index is 4.17. The number of allylic oxidation sites excluding steroid dienone is 2. The molecule has 0 fully saturated rings. The van der Waals surface area contributed by atoms with E-state index in [2.05, 4.69) is 16.9 Å². The molecule has 0 N–H and O–H groups in total. The number of rotatable bonds is 2. The summed E-state index contributed by atoms with van der Waals surface area (Å²) < 4.78 is 0. The van der Waals surface area contributed by atoms with Gasteiger partial charge in [0.25, 0.3) is 0 Å². The first-order valence-electron chi connectivity index (χ1n) is 4.09. The molecule has 0 saturated heterocycles. The first kappa shape index (κ1) is 10.9. The second kappa shape index (κ2) is 6.58. The van der Waals surface area contributed by atoms with Crippen molar-refractivity contribution in [1.82, 2.24) is 4.90 Å². The topological polar surface area (TPSA) is 28.0 Å². The van der Waals surface area contributed by atoms with Crippen LogP contribution < -0.4 is 0 Å². The molecule has 3 nitrogen and oxygen atoms in total. The highest BCUT2D eigenvalue weighted by Crippen LogP contribution is 1.87. The number of guanidine groups is 1. The maximum Gasteiger partial charge on any atom is 0.220 e.